The summed E-state index contributed by atoms with van der Waals surface area (Å²) in [4.78, 5) is 4.11. The third-order valence-electron chi connectivity index (χ3n) is 3.27. The number of hydrogen-bond donors (Lipinski definition) is 2. The van der Waals surface area contributed by atoms with E-state index >= 15 is 0 Å². The molecule has 1 aliphatic carbocycles. The molecule has 0 atom stereocenters. The topological polar surface area (TPSA) is 50.4 Å². The number of guanidine groups is 1. The van der Waals surface area contributed by atoms with E-state index in [1.165, 1.54) is 25.3 Å². The quantitative estimate of drug-likeness (QED) is 0.465. The fraction of sp³-hybridized carbons (Fsp3) is 0.462. The fourth-order valence-corrected chi connectivity index (χ4v) is 2.07. The zero-order valence-corrected chi connectivity index (χ0v) is 13.6. The number of nitrogens with one attached hydrogen (secondary N) is 1. The van der Waals surface area contributed by atoms with Crippen LogP contribution in [0.2, 0.25) is 5.02 Å². The van der Waals surface area contributed by atoms with Crippen molar-refractivity contribution in [1.82, 2.24) is 5.32 Å². The van der Waals surface area contributed by atoms with Crippen molar-refractivity contribution in [2.75, 3.05) is 6.54 Å². The first-order valence-corrected chi connectivity index (χ1v) is 6.51. The van der Waals surface area contributed by atoms with Crippen LogP contribution in [0.1, 0.15) is 24.8 Å². The van der Waals surface area contributed by atoms with Gasteiger partial charge in [-0.1, -0.05) is 24.1 Å². The maximum atomic E-state index is 13.5. The Labute approximate surface area is 134 Å². The Hall–Kier alpha value is -0.560. The Morgan fingerprint density at radius 3 is 2.79 bits per heavy atom. The van der Waals surface area contributed by atoms with Gasteiger partial charge in [-0.2, -0.15) is 0 Å². The van der Waals surface area contributed by atoms with Gasteiger partial charge in [-0.3, -0.25) is 0 Å². The molecular formula is C13H18ClFIN3. The van der Waals surface area contributed by atoms with Crippen LogP contribution in [0, 0.1) is 11.7 Å². The second kappa shape index (κ2) is 7.89. The standard InChI is InChI=1S/C13H17ClFN3.HI/c14-11-5-2-6-12(15)10(11)8-18-13(16)17-7-9-3-1-4-9;/h2,5-6,9H,1,3-4,7-8H2,(H3,16,17,18);1H. The first kappa shape index (κ1) is 16.5. The predicted octanol–water partition coefficient (Wildman–Crippen LogP) is 3.30. The van der Waals surface area contributed by atoms with Crippen molar-refractivity contribution in [2.24, 2.45) is 16.6 Å². The van der Waals surface area contributed by atoms with Crippen molar-refractivity contribution in [3.8, 4) is 0 Å². The number of halogens is 3. The third kappa shape index (κ3) is 4.80. The highest BCUT2D eigenvalue weighted by molar-refractivity contribution is 14.0. The summed E-state index contributed by atoms with van der Waals surface area (Å²) in [5, 5.41) is 3.44. The molecule has 3 N–H and O–H groups in total. The maximum absolute atomic E-state index is 13.5. The molecule has 0 heterocycles. The Balaban J connectivity index is 0.00000180. The Bertz CT molecular complexity index is 429. The second-order valence-electron chi connectivity index (χ2n) is 4.58. The van der Waals surface area contributed by atoms with E-state index in [2.05, 4.69) is 10.3 Å². The summed E-state index contributed by atoms with van der Waals surface area (Å²) in [5.74, 6) is 0.704. The van der Waals surface area contributed by atoms with Crippen molar-refractivity contribution in [3.05, 3.63) is 34.6 Å². The normalized spacial score (nSPS) is 15.6. The first-order valence-electron chi connectivity index (χ1n) is 6.13. The number of hydrogen-bond acceptors (Lipinski definition) is 1. The number of aliphatic imine (C=N–C) groups is 1. The van der Waals surface area contributed by atoms with E-state index in [4.69, 9.17) is 17.3 Å². The molecule has 0 aromatic heterocycles. The predicted molar refractivity (Wildman–Crippen MR) is 87.5 cm³/mol. The van der Waals surface area contributed by atoms with Crippen LogP contribution in [0.25, 0.3) is 0 Å². The molecule has 0 aliphatic heterocycles. The van der Waals surface area contributed by atoms with Crippen LogP contribution in [0.5, 0.6) is 0 Å². The van der Waals surface area contributed by atoms with Crippen LogP contribution in [-0.2, 0) is 6.54 Å². The minimum atomic E-state index is -0.349. The van der Waals surface area contributed by atoms with E-state index in [9.17, 15) is 4.39 Å². The molecule has 0 bridgehead atoms. The van der Waals surface area contributed by atoms with E-state index in [0.29, 0.717) is 22.5 Å². The van der Waals surface area contributed by atoms with Crippen molar-refractivity contribution >= 4 is 41.5 Å². The van der Waals surface area contributed by atoms with Gasteiger partial charge in [0.15, 0.2) is 5.96 Å². The molecule has 2 rings (SSSR count). The van der Waals surface area contributed by atoms with Crippen LogP contribution in [0.15, 0.2) is 23.2 Å². The van der Waals surface area contributed by atoms with Crippen LogP contribution in [0.4, 0.5) is 4.39 Å². The van der Waals surface area contributed by atoms with Gasteiger partial charge in [0, 0.05) is 17.1 Å². The molecule has 0 amide bonds. The zero-order valence-electron chi connectivity index (χ0n) is 10.5. The van der Waals surface area contributed by atoms with E-state index in [1.807, 2.05) is 0 Å². The molecule has 1 fully saturated rings. The van der Waals surface area contributed by atoms with Crippen LogP contribution in [-0.4, -0.2) is 12.5 Å². The molecule has 3 nitrogen and oxygen atoms in total. The highest BCUT2D eigenvalue weighted by Crippen LogP contribution is 2.25. The fourth-order valence-electron chi connectivity index (χ4n) is 1.85. The molecule has 1 aromatic carbocycles. The molecule has 0 unspecified atom stereocenters. The van der Waals surface area contributed by atoms with Crippen LogP contribution >= 0.6 is 35.6 Å². The van der Waals surface area contributed by atoms with E-state index in [1.54, 1.807) is 12.1 Å². The monoisotopic (exact) mass is 397 g/mol. The Morgan fingerprint density at radius 2 is 2.21 bits per heavy atom. The molecule has 19 heavy (non-hydrogen) atoms. The highest BCUT2D eigenvalue weighted by Gasteiger charge is 2.16. The molecular weight excluding hydrogens is 380 g/mol. The van der Waals surface area contributed by atoms with Gasteiger partial charge < -0.3 is 11.1 Å². The molecule has 1 aliphatic rings. The maximum Gasteiger partial charge on any atom is 0.188 e. The molecule has 0 saturated heterocycles. The van der Waals surface area contributed by atoms with Gasteiger partial charge in [-0.05, 0) is 30.9 Å². The molecule has 1 saturated carbocycles. The Morgan fingerprint density at radius 1 is 1.47 bits per heavy atom. The van der Waals surface area contributed by atoms with E-state index in [-0.39, 0.29) is 36.3 Å². The summed E-state index contributed by atoms with van der Waals surface area (Å²) < 4.78 is 13.5. The lowest BCUT2D eigenvalue weighted by Crippen LogP contribution is -2.37. The second-order valence-corrected chi connectivity index (χ2v) is 4.99. The smallest absolute Gasteiger partial charge is 0.188 e. The van der Waals surface area contributed by atoms with Gasteiger partial charge in [0.1, 0.15) is 5.82 Å². The average molecular weight is 398 g/mol. The largest absolute Gasteiger partial charge is 0.370 e. The SMILES string of the molecule is I.NC(=NCc1c(F)cccc1Cl)NCC1CCC1. The minimum Gasteiger partial charge on any atom is -0.370 e. The molecule has 6 heteroatoms. The number of benzene rings is 1. The lowest BCUT2D eigenvalue weighted by atomic mass is 9.85. The zero-order chi connectivity index (χ0) is 13.0. The van der Waals surface area contributed by atoms with Crippen LogP contribution in [0.3, 0.4) is 0 Å². The molecule has 0 spiro atoms. The van der Waals surface area contributed by atoms with Gasteiger partial charge in [0.2, 0.25) is 0 Å². The van der Waals surface area contributed by atoms with E-state index < -0.39 is 0 Å². The van der Waals surface area contributed by atoms with Gasteiger partial charge >= 0.3 is 0 Å². The lowest BCUT2D eigenvalue weighted by molar-refractivity contribution is 0.315. The minimum absolute atomic E-state index is 0. The lowest BCUT2D eigenvalue weighted by Gasteiger charge is -2.25. The van der Waals surface area contributed by atoms with Gasteiger partial charge in [0.05, 0.1) is 6.54 Å². The summed E-state index contributed by atoms with van der Waals surface area (Å²) in [6.45, 7) is 1.01. The van der Waals surface area contributed by atoms with E-state index in [0.717, 1.165) is 6.54 Å². The number of nitrogens with zero attached hydrogens (tertiary/aromatic N) is 1. The molecule has 1 aromatic rings. The summed E-state index contributed by atoms with van der Waals surface area (Å²) in [5.41, 5.74) is 6.10. The Kier molecular flexibility index (Phi) is 6.85. The third-order valence-corrected chi connectivity index (χ3v) is 3.62. The van der Waals surface area contributed by atoms with Crippen LogP contribution < -0.4 is 11.1 Å². The van der Waals surface area contributed by atoms with Crippen molar-refractivity contribution in [2.45, 2.75) is 25.8 Å². The van der Waals surface area contributed by atoms with Crippen molar-refractivity contribution < 1.29 is 4.39 Å². The summed E-state index contributed by atoms with van der Waals surface area (Å²) >= 11 is 5.90. The van der Waals surface area contributed by atoms with Crippen molar-refractivity contribution in [3.63, 3.8) is 0 Å². The van der Waals surface area contributed by atoms with Gasteiger partial charge in [-0.25, -0.2) is 9.38 Å². The number of rotatable bonds is 4. The molecule has 106 valence electrons. The summed E-state index contributed by atoms with van der Waals surface area (Å²) in [7, 11) is 0. The highest BCUT2D eigenvalue weighted by atomic mass is 127. The van der Waals surface area contributed by atoms with Gasteiger partial charge in [-0.15, -0.1) is 24.0 Å². The average Bonchev–Trinajstić information content (AvgIpc) is 2.26. The first-order chi connectivity index (χ1) is 8.66. The number of nitrogens with two attached hydrogens (primary N) is 1. The summed E-state index contributed by atoms with van der Waals surface area (Å²) in [6.07, 6.45) is 3.80. The van der Waals surface area contributed by atoms with Gasteiger partial charge in [0.25, 0.3) is 0 Å². The van der Waals surface area contributed by atoms with Crippen molar-refractivity contribution in [1.29, 1.82) is 0 Å². The summed E-state index contributed by atoms with van der Waals surface area (Å²) in [6, 6.07) is 4.59. The molecule has 0 radical (unpaired) electrons.